The summed E-state index contributed by atoms with van der Waals surface area (Å²) in [7, 11) is 1.68. The molecule has 0 bridgehead atoms. The van der Waals surface area contributed by atoms with E-state index in [0.717, 1.165) is 11.3 Å². The van der Waals surface area contributed by atoms with Crippen LogP contribution >= 0.6 is 11.3 Å². The number of amides is 1. The fraction of sp³-hybridized carbons (Fsp3) is 0.263. The molecule has 152 valence electrons. The largest absolute Gasteiger partial charge is 0.477 e. The third kappa shape index (κ3) is 5.18. The number of likely N-dealkylation sites (N-methyl/N-ethyl adjacent to an activating group) is 1. The highest BCUT2D eigenvalue weighted by Gasteiger charge is 2.17. The number of thiophene rings is 1. The van der Waals surface area contributed by atoms with Gasteiger partial charge in [-0.1, -0.05) is 11.3 Å². The van der Waals surface area contributed by atoms with Crippen molar-refractivity contribution in [2.24, 2.45) is 0 Å². The van der Waals surface area contributed by atoms with Gasteiger partial charge in [0, 0.05) is 24.5 Å². The zero-order chi connectivity index (χ0) is 20.8. The Labute approximate surface area is 170 Å². The minimum absolute atomic E-state index is 0.232. The fourth-order valence-corrected chi connectivity index (χ4v) is 3.22. The quantitative estimate of drug-likeness (QED) is 0.399. The van der Waals surface area contributed by atoms with Crippen LogP contribution in [-0.2, 0) is 11.3 Å². The Morgan fingerprint density at radius 1 is 1.45 bits per heavy atom. The van der Waals surface area contributed by atoms with Gasteiger partial charge in [0.2, 0.25) is 0 Å². The van der Waals surface area contributed by atoms with Crippen molar-refractivity contribution in [1.29, 1.82) is 0 Å². The average Bonchev–Trinajstić information content (AvgIpc) is 3.44. The molecule has 3 rings (SSSR count). The first-order valence-electron chi connectivity index (χ1n) is 8.73. The van der Waals surface area contributed by atoms with Gasteiger partial charge in [0.15, 0.2) is 5.76 Å². The van der Waals surface area contributed by atoms with E-state index in [0.29, 0.717) is 43.3 Å². The smallest absolute Gasteiger partial charge is 0.345 e. The van der Waals surface area contributed by atoms with E-state index in [1.807, 2.05) is 0 Å². The van der Waals surface area contributed by atoms with Gasteiger partial charge in [0.05, 0.1) is 19.4 Å². The number of carboxylic acid groups (broad SMARTS) is 1. The number of aromatic carboxylic acids is 1. The molecule has 0 saturated heterocycles. The van der Waals surface area contributed by atoms with Crippen LogP contribution < -0.4 is 0 Å². The molecule has 0 saturated carbocycles. The predicted molar refractivity (Wildman–Crippen MR) is 106 cm³/mol. The minimum Gasteiger partial charge on any atom is -0.477 e. The van der Waals surface area contributed by atoms with Gasteiger partial charge in [-0.3, -0.25) is 4.79 Å². The summed E-state index contributed by atoms with van der Waals surface area (Å²) in [6, 6.07) is 4.89. The molecular formula is C19H20N4O5S. The number of rotatable bonds is 10. The summed E-state index contributed by atoms with van der Waals surface area (Å²) in [6.45, 7) is 5.15. The van der Waals surface area contributed by atoms with Crippen LogP contribution in [0.15, 0.2) is 46.8 Å². The van der Waals surface area contributed by atoms with Gasteiger partial charge in [-0.15, -0.1) is 23.0 Å². The van der Waals surface area contributed by atoms with Crippen molar-refractivity contribution >= 4 is 23.2 Å². The lowest BCUT2D eigenvalue weighted by molar-refractivity contribution is 0.0688. The van der Waals surface area contributed by atoms with Crippen LogP contribution in [0.25, 0.3) is 11.3 Å². The van der Waals surface area contributed by atoms with E-state index >= 15 is 0 Å². The SMILES string of the molecule is C=CCOCCN(C)C(=O)c1ccc(Cn2cc(-c3csc(C(=O)O)c3)nn2)o1. The molecule has 0 radical (unpaired) electrons. The zero-order valence-electron chi connectivity index (χ0n) is 15.8. The van der Waals surface area contributed by atoms with Crippen molar-refractivity contribution in [3.8, 4) is 11.3 Å². The van der Waals surface area contributed by atoms with Crippen LogP contribution in [0.3, 0.4) is 0 Å². The maximum absolute atomic E-state index is 12.4. The molecule has 0 aromatic carbocycles. The third-order valence-corrected chi connectivity index (χ3v) is 4.91. The molecule has 3 aromatic heterocycles. The van der Waals surface area contributed by atoms with Gasteiger partial charge in [-0.05, 0) is 18.2 Å². The van der Waals surface area contributed by atoms with Crippen LogP contribution in [0.4, 0.5) is 0 Å². The summed E-state index contributed by atoms with van der Waals surface area (Å²) in [5, 5.41) is 18.8. The van der Waals surface area contributed by atoms with E-state index in [1.54, 1.807) is 47.6 Å². The van der Waals surface area contributed by atoms with Crippen LogP contribution in [-0.4, -0.2) is 63.7 Å². The topological polar surface area (TPSA) is 111 Å². The lowest BCUT2D eigenvalue weighted by Crippen LogP contribution is -2.29. The molecule has 3 heterocycles. The maximum atomic E-state index is 12.4. The van der Waals surface area contributed by atoms with Gasteiger partial charge < -0.3 is 19.2 Å². The monoisotopic (exact) mass is 416 g/mol. The lowest BCUT2D eigenvalue weighted by atomic mass is 10.2. The molecule has 0 spiro atoms. The number of carbonyl (C=O) groups excluding carboxylic acids is 1. The van der Waals surface area contributed by atoms with E-state index in [9.17, 15) is 9.59 Å². The molecule has 1 amide bonds. The standard InChI is InChI=1S/C19H20N4O5S/c1-3-7-27-8-6-22(2)18(24)16-5-4-14(28-16)10-23-11-15(20-21-23)13-9-17(19(25)26)29-12-13/h3-5,9,11-12H,1,6-8,10H2,2H3,(H,25,26). The number of carboxylic acids is 1. The summed E-state index contributed by atoms with van der Waals surface area (Å²) in [5.74, 6) is -0.427. The summed E-state index contributed by atoms with van der Waals surface area (Å²) in [4.78, 5) is 25.2. The summed E-state index contributed by atoms with van der Waals surface area (Å²) >= 11 is 1.13. The molecule has 0 aliphatic carbocycles. The van der Waals surface area contributed by atoms with Gasteiger partial charge in [-0.25, -0.2) is 9.48 Å². The van der Waals surface area contributed by atoms with Gasteiger partial charge >= 0.3 is 5.97 Å². The molecule has 0 aliphatic heterocycles. The Bertz CT molecular complexity index is 1010. The number of furan rings is 1. The average molecular weight is 416 g/mol. The van der Waals surface area contributed by atoms with Crippen molar-refractivity contribution in [2.45, 2.75) is 6.54 Å². The molecule has 3 aromatic rings. The normalized spacial score (nSPS) is 10.8. The second-order valence-corrected chi connectivity index (χ2v) is 7.07. The minimum atomic E-state index is -0.973. The highest BCUT2D eigenvalue weighted by atomic mass is 32.1. The molecule has 9 nitrogen and oxygen atoms in total. The van der Waals surface area contributed by atoms with Crippen LogP contribution in [0.1, 0.15) is 26.0 Å². The maximum Gasteiger partial charge on any atom is 0.345 e. The van der Waals surface area contributed by atoms with E-state index in [4.69, 9.17) is 14.3 Å². The first kappa shape index (κ1) is 20.5. The third-order valence-electron chi connectivity index (χ3n) is 3.99. The van der Waals surface area contributed by atoms with Crippen LogP contribution in [0.2, 0.25) is 0 Å². The summed E-state index contributed by atoms with van der Waals surface area (Å²) in [6.07, 6.45) is 3.35. The Morgan fingerprint density at radius 3 is 3.00 bits per heavy atom. The molecule has 29 heavy (non-hydrogen) atoms. The predicted octanol–water partition coefficient (Wildman–Crippen LogP) is 2.62. The number of hydrogen-bond donors (Lipinski definition) is 1. The molecular weight excluding hydrogens is 396 g/mol. The molecule has 0 unspecified atom stereocenters. The first-order chi connectivity index (χ1) is 14.0. The van der Waals surface area contributed by atoms with Crippen molar-refractivity contribution in [3.05, 3.63) is 58.8 Å². The Hall–Kier alpha value is -3.24. The van der Waals surface area contributed by atoms with Gasteiger partial charge in [-0.2, -0.15) is 0 Å². The number of hydrogen-bond acceptors (Lipinski definition) is 7. The number of carbonyl (C=O) groups is 2. The second kappa shape index (κ2) is 9.30. The first-order valence-corrected chi connectivity index (χ1v) is 9.61. The zero-order valence-corrected chi connectivity index (χ0v) is 16.6. The Balaban J connectivity index is 1.60. The van der Waals surface area contributed by atoms with Gasteiger partial charge in [0.1, 0.15) is 22.9 Å². The highest BCUT2D eigenvalue weighted by Crippen LogP contribution is 2.24. The summed E-state index contributed by atoms with van der Waals surface area (Å²) in [5.41, 5.74) is 1.25. The fourth-order valence-electron chi connectivity index (χ4n) is 2.49. The number of ether oxygens (including phenoxy) is 1. The van der Waals surface area contributed by atoms with E-state index in [2.05, 4.69) is 16.9 Å². The molecule has 1 N–H and O–H groups in total. The number of aromatic nitrogens is 3. The van der Waals surface area contributed by atoms with Crippen molar-refractivity contribution in [1.82, 2.24) is 19.9 Å². The number of nitrogens with zero attached hydrogens (tertiary/aromatic N) is 4. The molecule has 0 atom stereocenters. The van der Waals surface area contributed by atoms with Crippen LogP contribution in [0, 0.1) is 0 Å². The molecule has 0 fully saturated rings. The lowest BCUT2D eigenvalue weighted by Gasteiger charge is -2.15. The van der Waals surface area contributed by atoms with Crippen LogP contribution in [0.5, 0.6) is 0 Å². The van der Waals surface area contributed by atoms with Crippen molar-refractivity contribution in [2.75, 3.05) is 26.8 Å². The second-order valence-electron chi connectivity index (χ2n) is 6.16. The Morgan fingerprint density at radius 2 is 2.28 bits per heavy atom. The van der Waals surface area contributed by atoms with Crippen molar-refractivity contribution < 1.29 is 23.8 Å². The summed E-state index contributed by atoms with van der Waals surface area (Å²) < 4.78 is 12.5. The molecule has 0 aliphatic rings. The van der Waals surface area contributed by atoms with E-state index < -0.39 is 5.97 Å². The molecule has 10 heteroatoms. The highest BCUT2D eigenvalue weighted by molar-refractivity contribution is 7.12. The van der Waals surface area contributed by atoms with Crippen molar-refractivity contribution in [3.63, 3.8) is 0 Å². The van der Waals surface area contributed by atoms with E-state index in [1.165, 1.54) is 4.90 Å². The van der Waals surface area contributed by atoms with Gasteiger partial charge in [0.25, 0.3) is 5.91 Å². The van der Waals surface area contributed by atoms with E-state index in [-0.39, 0.29) is 16.5 Å². The Kier molecular flexibility index (Phi) is 6.57.